The van der Waals surface area contributed by atoms with E-state index < -0.39 is 0 Å². The molecule has 5 heteroatoms. The van der Waals surface area contributed by atoms with E-state index in [9.17, 15) is 4.79 Å². The van der Waals surface area contributed by atoms with Crippen LogP contribution in [0.2, 0.25) is 0 Å². The smallest absolute Gasteiger partial charge is 0.306 e. The van der Waals surface area contributed by atoms with E-state index in [2.05, 4.69) is 44.7 Å². The van der Waals surface area contributed by atoms with Crippen LogP contribution in [0.15, 0.2) is 24.3 Å². The van der Waals surface area contributed by atoms with Crippen LogP contribution in [0, 0.1) is 11.8 Å². The topological polar surface area (TPSA) is 64.8 Å². The average molecular weight is 393 g/mol. The molecule has 160 valence electrons. The molecule has 1 atom stereocenters. The maximum Gasteiger partial charge on any atom is 0.306 e. The van der Waals surface area contributed by atoms with E-state index >= 15 is 0 Å². The average Bonchev–Trinajstić information content (AvgIpc) is 2.68. The summed E-state index contributed by atoms with van der Waals surface area (Å²) in [6, 6.07) is 8.31. The first-order valence-corrected chi connectivity index (χ1v) is 10.8. The van der Waals surface area contributed by atoms with E-state index in [0.29, 0.717) is 32.1 Å². The fourth-order valence-electron chi connectivity index (χ4n) is 3.20. The van der Waals surface area contributed by atoms with Crippen LogP contribution in [-0.4, -0.2) is 43.7 Å². The fourth-order valence-corrected chi connectivity index (χ4v) is 3.20. The van der Waals surface area contributed by atoms with Crippen molar-refractivity contribution >= 4 is 5.97 Å². The van der Waals surface area contributed by atoms with Gasteiger partial charge in [-0.05, 0) is 68.4 Å². The van der Waals surface area contributed by atoms with Crippen LogP contribution in [0.1, 0.15) is 58.9 Å². The molecule has 0 heterocycles. The minimum Gasteiger partial charge on any atom is -0.494 e. The van der Waals surface area contributed by atoms with Gasteiger partial charge >= 0.3 is 5.97 Å². The Labute approximate surface area is 171 Å². The first-order valence-electron chi connectivity index (χ1n) is 10.8. The Bertz CT molecular complexity index is 527. The largest absolute Gasteiger partial charge is 0.494 e. The van der Waals surface area contributed by atoms with Gasteiger partial charge in [0.1, 0.15) is 5.75 Å². The van der Waals surface area contributed by atoms with Gasteiger partial charge in [-0.2, -0.15) is 0 Å². The molecule has 28 heavy (non-hydrogen) atoms. The van der Waals surface area contributed by atoms with Crippen LogP contribution in [0.3, 0.4) is 0 Å². The summed E-state index contributed by atoms with van der Waals surface area (Å²) in [6.07, 6.45) is 3.06. The lowest BCUT2D eigenvalue weighted by Crippen LogP contribution is -2.21. The number of rotatable bonds is 15. The molecule has 0 aliphatic rings. The minimum atomic E-state index is -0.138. The number of nitrogens with two attached hydrogens (primary N) is 1. The number of ether oxygens (including phenoxy) is 2. The summed E-state index contributed by atoms with van der Waals surface area (Å²) in [5, 5.41) is 0. The van der Waals surface area contributed by atoms with Crippen LogP contribution < -0.4 is 10.5 Å². The van der Waals surface area contributed by atoms with Crippen molar-refractivity contribution in [3.8, 4) is 5.75 Å². The third-order valence-corrected chi connectivity index (χ3v) is 4.89. The third-order valence-electron chi connectivity index (χ3n) is 4.89. The number of benzene rings is 1. The number of hydrogen-bond acceptors (Lipinski definition) is 5. The van der Waals surface area contributed by atoms with Gasteiger partial charge in [0.2, 0.25) is 0 Å². The highest BCUT2D eigenvalue weighted by Gasteiger charge is 2.14. The summed E-state index contributed by atoms with van der Waals surface area (Å²) in [5.41, 5.74) is 7.04. The van der Waals surface area contributed by atoms with Gasteiger partial charge < -0.3 is 15.2 Å². The number of carbonyl (C=O) groups is 1. The van der Waals surface area contributed by atoms with Crippen molar-refractivity contribution in [2.45, 2.75) is 59.9 Å². The van der Waals surface area contributed by atoms with Crippen molar-refractivity contribution in [2.75, 3.05) is 32.8 Å². The predicted octanol–water partition coefficient (Wildman–Crippen LogP) is 4.24. The molecule has 0 aliphatic carbocycles. The van der Waals surface area contributed by atoms with Gasteiger partial charge in [-0.3, -0.25) is 9.69 Å². The lowest BCUT2D eigenvalue weighted by atomic mass is 9.94. The van der Waals surface area contributed by atoms with Crippen molar-refractivity contribution in [1.29, 1.82) is 0 Å². The molecule has 0 amide bonds. The zero-order chi connectivity index (χ0) is 20.8. The van der Waals surface area contributed by atoms with E-state index in [1.165, 1.54) is 5.56 Å². The zero-order valence-electron chi connectivity index (χ0n) is 18.3. The molecule has 0 saturated heterocycles. The van der Waals surface area contributed by atoms with E-state index in [-0.39, 0.29) is 11.9 Å². The maximum absolute atomic E-state index is 11.9. The summed E-state index contributed by atoms with van der Waals surface area (Å²) in [4.78, 5) is 14.3. The molecule has 0 bridgehead atoms. The first-order chi connectivity index (χ1) is 13.5. The Morgan fingerprint density at radius 3 is 2.29 bits per heavy atom. The normalized spacial score (nSPS) is 12.4. The van der Waals surface area contributed by atoms with Crippen LogP contribution in [0.5, 0.6) is 5.75 Å². The van der Waals surface area contributed by atoms with E-state index in [1.807, 2.05) is 12.1 Å². The molecular weight excluding hydrogens is 352 g/mol. The Balaban J connectivity index is 2.16. The molecule has 1 unspecified atom stereocenters. The second-order valence-corrected chi connectivity index (χ2v) is 7.82. The second-order valence-electron chi connectivity index (χ2n) is 7.82. The molecule has 0 radical (unpaired) electrons. The molecule has 0 spiro atoms. The quantitative estimate of drug-likeness (QED) is 0.357. The molecule has 0 saturated carbocycles. The lowest BCUT2D eigenvalue weighted by molar-refractivity contribution is -0.145. The van der Waals surface area contributed by atoms with Crippen LogP contribution in [0.25, 0.3) is 0 Å². The minimum absolute atomic E-state index is 0.138. The Kier molecular flexibility index (Phi) is 12.6. The maximum atomic E-state index is 11.9. The predicted molar refractivity (Wildman–Crippen MR) is 115 cm³/mol. The van der Waals surface area contributed by atoms with Gasteiger partial charge in [0, 0.05) is 13.0 Å². The fraction of sp³-hybridized carbons (Fsp3) is 0.696. The summed E-state index contributed by atoms with van der Waals surface area (Å²) < 4.78 is 11.1. The van der Waals surface area contributed by atoms with Crippen LogP contribution >= 0.6 is 0 Å². The summed E-state index contributed by atoms with van der Waals surface area (Å²) in [7, 11) is 0. The first kappa shape index (κ1) is 24.4. The summed E-state index contributed by atoms with van der Waals surface area (Å²) in [6.45, 7) is 13.4. The molecule has 0 aromatic heterocycles. The number of nitrogens with zero attached hydrogens (tertiary/aromatic N) is 1. The zero-order valence-corrected chi connectivity index (χ0v) is 18.3. The lowest BCUT2D eigenvalue weighted by Gasteiger charge is -2.18. The number of unbranched alkanes of at least 4 members (excludes halogenated alkanes) is 1. The SMILES string of the molecule is CCN(CC)Cc1ccc(OCCCCOC(=O)CC(CN)CC(C)C)cc1. The standard InChI is InChI=1S/C23H40N2O3/c1-5-25(6-2)18-20-9-11-22(12-10-20)27-13-7-8-14-28-23(26)16-21(17-24)15-19(3)4/h9-12,19,21H,5-8,13-18,24H2,1-4H3. The van der Waals surface area contributed by atoms with Crippen LogP contribution in [0.4, 0.5) is 0 Å². The third kappa shape index (κ3) is 10.7. The van der Waals surface area contributed by atoms with Gasteiger partial charge in [-0.15, -0.1) is 0 Å². The highest BCUT2D eigenvalue weighted by Crippen LogP contribution is 2.16. The van der Waals surface area contributed by atoms with Crippen molar-refractivity contribution in [1.82, 2.24) is 4.90 Å². The monoisotopic (exact) mass is 392 g/mol. The van der Waals surface area contributed by atoms with Gasteiger partial charge in [0.25, 0.3) is 0 Å². The summed E-state index contributed by atoms with van der Waals surface area (Å²) >= 11 is 0. The molecule has 0 aliphatic heterocycles. The van der Waals surface area contributed by atoms with Crippen LogP contribution in [-0.2, 0) is 16.1 Å². The van der Waals surface area contributed by atoms with E-state index in [0.717, 1.165) is 44.6 Å². The van der Waals surface area contributed by atoms with Gasteiger partial charge in [0.15, 0.2) is 0 Å². The van der Waals surface area contributed by atoms with Crippen molar-refractivity contribution < 1.29 is 14.3 Å². The highest BCUT2D eigenvalue weighted by atomic mass is 16.5. The van der Waals surface area contributed by atoms with Gasteiger partial charge in [-0.1, -0.05) is 39.8 Å². The number of carbonyl (C=O) groups excluding carboxylic acids is 1. The second kappa shape index (κ2) is 14.4. The molecule has 2 N–H and O–H groups in total. The van der Waals surface area contributed by atoms with E-state index in [1.54, 1.807) is 0 Å². The number of hydrogen-bond donors (Lipinski definition) is 1. The van der Waals surface area contributed by atoms with Crippen molar-refractivity contribution in [3.05, 3.63) is 29.8 Å². The Morgan fingerprint density at radius 2 is 1.71 bits per heavy atom. The summed E-state index contributed by atoms with van der Waals surface area (Å²) in [5.74, 6) is 1.52. The molecule has 1 rings (SSSR count). The van der Waals surface area contributed by atoms with Crippen molar-refractivity contribution in [2.24, 2.45) is 17.6 Å². The van der Waals surface area contributed by atoms with Gasteiger partial charge in [-0.25, -0.2) is 0 Å². The highest BCUT2D eigenvalue weighted by molar-refractivity contribution is 5.69. The van der Waals surface area contributed by atoms with Gasteiger partial charge in [0.05, 0.1) is 13.2 Å². The Morgan fingerprint density at radius 1 is 1.07 bits per heavy atom. The molecule has 1 aromatic rings. The molecule has 5 nitrogen and oxygen atoms in total. The molecular formula is C23H40N2O3. The number of esters is 1. The van der Waals surface area contributed by atoms with Crippen molar-refractivity contribution in [3.63, 3.8) is 0 Å². The Hall–Kier alpha value is -1.59. The molecule has 0 fully saturated rings. The molecule has 1 aromatic carbocycles. The van der Waals surface area contributed by atoms with E-state index in [4.69, 9.17) is 15.2 Å².